The molecule has 0 bridgehead atoms. The van der Waals surface area contributed by atoms with Crippen molar-refractivity contribution in [2.75, 3.05) is 11.9 Å². The molecule has 0 aromatic heterocycles. The highest BCUT2D eigenvalue weighted by atomic mass is 19.1. The number of carbonyl (C=O) groups is 1. The maximum absolute atomic E-state index is 13.6. The fourth-order valence-electron chi connectivity index (χ4n) is 2.02. The van der Waals surface area contributed by atoms with Gasteiger partial charge in [0.25, 0.3) is 0 Å². The van der Waals surface area contributed by atoms with E-state index < -0.39 is 5.82 Å². The molecule has 2 aromatic rings. The average Bonchev–Trinajstić information content (AvgIpc) is 2.48. The molecule has 110 valence electrons. The van der Waals surface area contributed by atoms with E-state index >= 15 is 0 Å². The van der Waals surface area contributed by atoms with Gasteiger partial charge in [-0.15, -0.1) is 0 Å². The zero-order valence-electron chi connectivity index (χ0n) is 12.2. The summed E-state index contributed by atoms with van der Waals surface area (Å²) in [7, 11) is 0. The highest BCUT2D eigenvalue weighted by Gasteiger charge is 2.09. The summed E-state index contributed by atoms with van der Waals surface area (Å²) < 4.78 is 13.6. The molecule has 0 spiro atoms. The second kappa shape index (κ2) is 6.99. The van der Waals surface area contributed by atoms with Crippen molar-refractivity contribution in [1.29, 1.82) is 0 Å². The van der Waals surface area contributed by atoms with Crippen molar-refractivity contribution in [1.82, 2.24) is 5.32 Å². The minimum Gasteiger partial charge on any atom is -0.322 e. The van der Waals surface area contributed by atoms with Gasteiger partial charge in [-0.1, -0.05) is 36.4 Å². The highest BCUT2D eigenvalue weighted by Crippen LogP contribution is 2.15. The quantitative estimate of drug-likeness (QED) is 0.884. The van der Waals surface area contributed by atoms with Crippen LogP contribution in [0.15, 0.2) is 48.5 Å². The van der Waals surface area contributed by atoms with E-state index in [0.29, 0.717) is 0 Å². The number of hydrogen-bond acceptors (Lipinski definition) is 2. The smallest absolute Gasteiger partial charge is 0.238 e. The van der Waals surface area contributed by atoms with Crippen LogP contribution in [0, 0.1) is 12.7 Å². The predicted molar refractivity (Wildman–Crippen MR) is 82.6 cm³/mol. The normalized spacial score (nSPS) is 12.0. The van der Waals surface area contributed by atoms with E-state index in [1.807, 2.05) is 37.3 Å². The molecule has 1 atom stereocenters. The van der Waals surface area contributed by atoms with Crippen molar-refractivity contribution in [3.8, 4) is 0 Å². The molecule has 0 saturated carbocycles. The van der Waals surface area contributed by atoms with Gasteiger partial charge >= 0.3 is 0 Å². The first-order chi connectivity index (χ1) is 10.1. The summed E-state index contributed by atoms with van der Waals surface area (Å²) in [5.74, 6) is -0.681. The minimum atomic E-state index is -0.417. The Hall–Kier alpha value is -2.20. The first-order valence-corrected chi connectivity index (χ1v) is 6.90. The summed E-state index contributed by atoms with van der Waals surface area (Å²) in [6, 6.07) is 14.6. The van der Waals surface area contributed by atoms with Gasteiger partial charge in [0.05, 0.1) is 12.2 Å². The molecule has 4 heteroatoms. The molecule has 0 heterocycles. The first kappa shape index (κ1) is 15.2. The number of nitrogens with one attached hydrogen (secondary N) is 2. The Bertz CT molecular complexity index is 613. The predicted octanol–water partition coefficient (Wildman–Crippen LogP) is 3.42. The second-order valence-electron chi connectivity index (χ2n) is 5.04. The Labute approximate surface area is 124 Å². The molecule has 2 rings (SSSR count). The van der Waals surface area contributed by atoms with Gasteiger partial charge in [0.15, 0.2) is 0 Å². The van der Waals surface area contributed by atoms with Gasteiger partial charge in [0, 0.05) is 6.04 Å². The van der Waals surface area contributed by atoms with E-state index in [4.69, 9.17) is 0 Å². The summed E-state index contributed by atoms with van der Waals surface area (Å²) in [5.41, 5.74) is 2.13. The highest BCUT2D eigenvalue weighted by molar-refractivity contribution is 5.92. The largest absolute Gasteiger partial charge is 0.322 e. The Morgan fingerprint density at radius 3 is 2.57 bits per heavy atom. The SMILES string of the molecule is Cc1ccc(NC(=O)CN[C@@H](C)c2ccccc2)c(F)c1. The van der Waals surface area contributed by atoms with Crippen molar-refractivity contribution < 1.29 is 9.18 Å². The molecule has 0 aliphatic rings. The summed E-state index contributed by atoms with van der Waals surface area (Å²) in [6.45, 7) is 3.91. The average molecular weight is 286 g/mol. The molecule has 3 nitrogen and oxygen atoms in total. The lowest BCUT2D eigenvalue weighted by Gasteiger charge is -2.14. The van der Waals surface area contributed by atoms with E-state index in [-0.39, 0.29) is 24.2 Å². The monoisotopic (exact) mass is 286 g/mol. The molecule has 0 fully saturated rings. The third-order valence-corrected chi connectivity index (χ3v) is 3.27. The zero-order chi connectivity index (χ0) is 15.2. The third-order valence-electron chi connectivity index (χ3n) is 3.27. The Balaban J connectivity index is 1.87. The Morgan fingerprint density at radius 1 is 1.19 bits per heavy atom. The lowest BCUT2D eigenvalue weighted by Crippen LogP contribution is -2.30. The van der Waals surface area contributed by atoms with Gasteiger partial charge in [0.2, 0.25) is 5.91 Å². The van der Waals surface area contributed by atoms with Crippen LogP contribution in [0.5, 0.6) is 0 Å². The third kappa shape index (κ3) is 4.39. The van der Waals surface area contributed by atoms with Crippen LogP contribution < -0.4 is 10.6 Å². The summed E-state index contributed by atoms with van der Waals surface area (Å²) in [5, 5.41) is 5.68. The molecule has 1 amide bonds. The van der Waals surface area contributed by atoms with Crippen LogP contribution in [0.4, 0.5) is 10.1 Å². The van der Waals surface area contributed by atoms with Crippen LogP contribution in [0.2, 0.25) is 0 Å². The maximum Gasteiger partial charge on any atom is 0.238 e. The van der Waals surface area contributed by atoms with Crippen LogP contribution in [-0.2, 0) is 4.79 Å². The summed E-state index contributed by atoms with van der Waals surface area (Å²) >= 11 is 0. The van der Waals surface area contributed by atoms with Gasteiger partial charge in [-0.05, 0) is 37.1 Å². The van der Waals surface area contributed by atoms with Crippen LogP contribution in [0.25, 0.3) is 0 Å². The first-order valence-electron chi connectivity index (χ1n) is 6.90. The topological polar surface area (TPSA) is 41.1 Å². The van der Waals surface area contributed by atoms with Crippen LogP contribution in [0.3, 0.4) is 0 Å². The van der Waals surface area contributed by atoms with Gasteiger partial charge in [-0.25, -0.2) is 4.39 Å². The van der Waals surface area contributed by atoms with Gasteiger partial charge < -0.3 is 10.6 Å². The molecule has 0 radical (unpaired) electrons. The Morgan fingerprint density at radius 2 is 1.90 bits per heavy atom. The molecule has 0 saturated heterocycles. The Kier molecular flexibility index (Phi) is 5.06. The lowest BCUT2D eigenvalue weighted by atomic mass is 10.1. The van der Waals surface area contributed by atoms with Gasteiger partial charge in [-0.3, -0.25) is 4.79 Å². The zero-order valence-corrected chi connectivity index (χ0v) is 12.2. The molecule has 0 aliphatic carbocycles. The fourth-order valence-corrected chi connectivity index (χ4v) is 2.02. The number of carbonyl (C=O) groups excluding carboxylic acids is 1. The number of halogens is 1. The molecule has 0 unspecified atom stereocenters. The number of benzene rings is 2. The number of hydrogen-bond donors (Lipinski definition) is 2. The second-order valence-corrected chi connectivity index (χ2v) is 5.04. The molecule has 2 N–H and O–H groups in total. The van der Waals surface area contributed by atoms with Crippen LogP contribution in [-0.4, -0.2) is 12.5 Å². The van der Waals surface area contributed by atoms with E-state index in [1.54, 1.807) is 19.1 Å². The lowest BCUT2D eigenvalue weighted by molar-refractivity contribution is -0.115. The minimum absolute atomic E-state index is 0.0554. The van der Waals surface area contributed by atoms with E-state index in [2.05, 4.69) is 10.6 Å². The number of aryl methyl sites for hydroxylation is 1. The molecule has 0 aliphatic heterocycles. The molecule has 21 heavy (non-hydrogen) atoms. The van der Waals surface area contributed by atoms with Gasteiger partial charge in [0.1, 0.15) is 5.82 Å². The van der Waals surface area contributed by atoms with Crippen molar-refractivity contribution in [2.24, 2.45) is 0 Å². The molecular weight excluding hydrogens is 267 g/mol. The number of anilines is 1. The summed E-state index contributed by atoms with van der Waals surface area (Å²) in [4.78, 5) is 11.8. The fraction of sp³-hybridized carbons (Fsp3) is 0.235. The van der Waals surface area contributed by atoms with Crippen molar-refractivity contribution >= 4 is 11.6 Å². The van der Waals surface area contributed by atoms with Gasteiger partial charge in [-0.2, -0.15) is 0 Å². The van der Waals surface area contributed by atoms with E-state index in [0.717, 1.165) is 11.1 Å². The van der Waals surface area contributed by atoms with Crippen molar-refractivity contribution in [3.05, 3.63) is 65.5 Å². The number of rotatable bonds is 5. The standard InChI is InChI=1S/C17H19FN2O/c1-12-8-9-16(15(18)10-12)20-17(21)11-19-13(2)14-6-4-3-5-7-14/h3-10,13,19H,11H2,1-2H3,(H,20,21)/t13-/m0/s1. The summed E-state index contributed by atoms with van der Waals surface area (Å²) in [6.07, 6.45) is 0. The number of amides is 1. The molecular formula is C17H19FN2O. The van der Waals surface area contributed by atoms with Crippen molar-refractivity contribution in [2.45, 2.75) is 19.9 Å². The van der Waals surface area contributed by atoms with Crippen LogP contribution >= 0.6 is 0 Å². The van der Waals surface area contributed by atoms with E-state index in [9.17, 15) is 9.18 Å². The molecule has 2 aromatic carbocycles. The van der Waals surface area contributed by atoms with E-state index in [1.165, 1.54) is 6.07 Å². The van der Waals surface area contributed by atoms with Crippen LogP contribution in [0.1, 0.15) is 24.1 Å². The maximum atomic E-state index is 13.6. The van der Waals surface area contributed by atoms with Crippen molar-refractivity contribution in [3.63, 3.8) is 0 Å².